The number of nitrogens with one attached hydrogen (secondary N) is 1. The third-order valence-electron chi connectivity index (χ3n) is 11.1. The van der Waals surface area contributed by atoms with Crippen molar-refractivity contribution in [1.82, 2.24) is 20.0 Å². The zero-order valence-electron chi connectivity index (χ0n) is 29.7. The predicted molar refractivity (Wildman–Crippen MR) is 180 cm³/mol. The van der Waals surface area contributed by atoms with Crippen LogP contribution in [0.25, 0.3) is 0 Å². The summed E-state index contributed by atoms with van der Waals surface area (Å²) in [6, 6.07) is 0.127. The highest BCUT2D eigenvalue weighted by Crippen LogP contribution is 2.44. The molecule has 2 atom stereocenters. The fourth-order valence-corrected chi connectivity index (χ4v) is 8.38. The minimum Gasteiger partial charge on any atom is -0.444 e. The highest BCUT2D eigenvalue weighted by atomic mass is 16.6. The third-order valence-corrected chi connectivity index (χ3v) is 11.1. The number of urea groups is 1. The van der Waals surface area contributed by atoms with E-state index in [9.17, 15) is 14.4 Å². The molecule has 1 saturated carbocycles. The second-order valence-corrected chi connectivity index (χ2v) is 16.0. The van der Waals surface area contributed by atoms with Gasteiger partial charge in [0, 0.05) is 37.6 Å². The van der Waals surface area contributed by atoms with E-state index in [2.05, 4.69) is 31.0 Å². The Hall–Kier alpha value is -2.03. The van der Waals surface area contributed by atoms with Gasteiger partial charge in [0.25, 0.3) is 0 Å². The molecule has 1 N–H and O–H groups in total. The van der Waals surface area contributed by atoms with Crippen LogP contribution in [0.2, 0.25) is 0 Å². The van der Waals surface area contributed by atoms with Gasteiger partial charge < -0.3 is 29.2 Å². The quantitative estimate of drug-likeness (QED) is 0.155. The molecule has 9 nitrogen and oxygen atoms in total. The van der Waals surface area contributed by atoms with E-state index in [0.717, 1.165) is 71.0 Å². The van der Waals surface area contributed by atoms with Crippen LogP contribution in [0, 0.1) is 5.41 Å². The number of nitrogens with zero attached hydrogens (tertiary/aromatic N) is 4. The average molecular weight is 633 g/mol. The van der Waals surface area contributed by atoms with Gasteiger partial charge in [-0.25, -0.2) is 9.59 Å². The fraction of sp³-hybridized carbons (Fsp3) is 0.917. The van der Waals surface area contributed by atoms with Crippen molar-refractivity contribution in [3.63, 3.8) is 0 Å². The number of quaternary nitrogens is 1. The van der Waals surface area contributed by atoms with Gasteiger partial charge in [-0.15, -0.1) is 0 Å². The molecule has 3 aliphatic heterocycles. The van der Waals surface area contributed by atoms with Crippen LogP contribution in [-0.4, -0.2) is 113 Å². The lowest BCUT2D eigenvalue weighted by Crippen LogP contribution is -2.61. The summed E-state index contributed by atoms with van der Waals surface area (Å²) in [7, 11) is 0. The van der Waals surface area contributed by atoms with E-state index < -0.39 is 5.60 Å². The van der Waals surface area contributed by atoms with Crippen molar-refractivity contribution in [3.05, 3.63) is 0 Å². The van der Waals surface area contributed by atoms with Crippen molar-refractivity contribution in [2.24, 2.45) is 5.41 Å². The van der Waals surface area contributed by atoms with Gasteiger partial charge in [0.05, 0.1) is 32.2 Å². The smallest absolute Gasteiger partial charge is 0.410 e. The molecule has 1 aliphatic carbocycles. The summed E-state index contributed by atoms with van der Waals surface area (Å²) in [6.07, 6.45) is 15.2. The Morgan fingerprint density at radius 1 is 0.867 bits per heavy atom. The Kier molecular flexibility index (Phi) is 12.5. The van der Waals surface area contributed by atoms with Crippen LogP contribution >= 0.6 is 0 Å². The van der Waals surface area contributed by atoms with Crippen molar-refractivity contribution in [1.29, 1.82) is 0 Å². The van der Waals surface area contributed by atoms with E-state index in [1.165, 1.54) is 69.2 Å². The number of carbonyl (C=O) groups is 3. The van der Waals surface area contributed by atoms with E-state index in [1.54, 1.807) is 0 Å². The molecule has 3 heterocycles. The number of rotatable bonds is 16. The zero-order valence-corrected chi connectivity index (χ0v) is 29.7. The van der Waals surface area contributed by atoms with Gasteiger partial charge in [0.2, 0.25) is 5.91 Å². The summed E-state index contributed by atoms with van der Waals surface area (Å²) in [5.74, 6) is 0.0263. The molecule has 45 heavy (non-hydrogen) atoms. The summed E-state index contributed by atoms with van der Waals surface area (Å²) in [6.45, 7) is 20.7. The normalized spacial score (nSPS) is 23.4. The molecular formula is C36H66N5O4+. The van der Waals surface area contributed by atoms with Crippen LogP contribution < -0.4 is 5.32 Å². The van der Waals surface area contributed by atoms with Crippen LogP contribution in [0.15, 0.2) is 0 Å². The standard InChI is InChI=1S/C36H65N5O4/c1-7-10-22-41(23-11-8-2,24-12-9-3)25-14-13-21-39-30-15-16-31(40(26-30)33(39)43)32(42)37-29-17-19-36(20-18-29)27-38(28-36)34(44)45-35(4,5)6/h29-31H,7-28H2,1-6H3/p+1/t30-,31+/m1/s1. The third kappa shape index (κ3) is 9.29. The predicted octanol–water partition coefficient (Wildman–Crippen LogP) is 6.55. The number of hydrogen-bond acceptors (Lipinski definition) is 4. The topological polar surface area (TPSA) is 82.2 Å². The number of piperidine rings is 1. The van der Waals surface area contributed by atoms with Crippen LogP contribution in [0.3, 0.4) is 0 Å². The fourth-order valence-electron chi connectivity index (χ4n) is 8.38. The maximum Gasteiger partial charge on any atom is 0.410 e. The van der Waals surface area contributed by atoms with Crippen LogP contribution in [0.1, 0.15) is 131 Å². The molecule has 0 aromatic rings. The van der Waals surface area contributed by atoms with Gasteiger partial charge in [-0.3, -0.25) is 4.79 Å². The number of fused-ring (bicyclic) bond motifs is 2. The summed E-state index contributed by atoms with van der Waals surface area (Å²) >= 11 is 0. The van der Waals surface area contributed by atoms with E-state index in [1.807, 2.05) is 30.6 Å². The van der Waals surface area contributed by atoms with Gasteiger partial charge in [-0.1, -0.05) is 40.0 Å². The molecule has 3 saturated heterocycles. The summed E-state index contributed by atoms with van der Waals surface area (Å²) in [5, 5.41) is 3.32. The van der Waals surface area contributed by atoms with Gasteiger partial charge in [-0.05, 0) is 91.4 Å². The lowest BCUT2D eigenvalue weighted by Gasteiger charge is -2.53. The monoisotopic (exact) mass is 633 g/mol. The zero-order chi connectivity index (χ0) is 32.7. The average Bonchev–Trinajstić information content (AvgIpc) is 3.22. The van der Waals surface area contributed by atoms with Gasteiger partial charge in [-0.2, -0.15) is 0 Å². The maximum absolute atomic E-state index is 13.5. The minimum atomic E-state index is -0.475. The highest BCUT2D eigenvalue weighted by molar-refractivity contribution is 5.89. The Bertz CT molecular complexity index is 959. The molecule has 0 aromatic carbocycles. The molecule has 0 radical (unpaired) electrons. The molecule has 4 amide bonds. The molecular weight excluding hydrogens is 566 g/mol. The Balaban J connectivity index is 1.21. The Morgan fingerprint density at radius 3 is 2.00 bits per heavy atom. The molecule has 9 heteroatoms. The maximum atomic E-state index is 13.5. The molecule has 258 valence electrons. The largest absolute Gasteiger partial charge is 0.444 e. The van der Waals surface area contributed by atoms with Crippen molar-refractivity contribution in [2.75, 3.05) is 52.4 Å². The number of likely N-dealkylation sites (tertiary alicyclic amines) is 1. The number of hydrogen-bond donors (Lipinski definition) is 1. The summed E-state index contributed by atoms with van der Waals surface area (Å²) in [5.41, 5.74) is -0.307. The number of unbranched alkanes of at least 4 members (excludes halogenated alkanes) is 4. The summed E-state index contributed by atoms with van der Waals surface area (Å²) < 4.78 is 6.78. The first-order chi connectivity index (χ1) is 21.4. The van der Waals surface area contributed by atoms with Crippen molar-refractivity contribution in [2.45, 2.75) is 155 Å². The van der Waals surface area contributed by atoms with E-state index in [4.69, 9.17) is 4.74 Å². The lowest BCUT2D eigenvalue weighted by atomic mass is 9.67. The first kappa shape index (κ1) is 35.8. The van der Waals surface area contributed by atoms with Crippen molar-refractivity contribution in [3.8, 4) is 0 Å². The first-order valence-electron chi connectivity index (χ1n) is 18.6. The number of amides is 4. The lowest BCUT2D eigenvalue weighted by molar-refractivity contribution is -0.929. The van der Waals surface area contributed by atoms with Crippen molar-refractivity contribution >= 4 is 18.0 Å². The number of carbonyl (C=O) groups excluding carboxylic acids is 3. The first-order valence-corrected chi connectivity index (χ1v) is 18.6. The molecule has 4 aliphatic rings. The Labute approximate surface area is 274 Å². The SMILES string of the molecule is CCCC[N+](CCCC)(CCCC)CCCCN1C(=O)N2C[C@H]1CC[C@H]2C(=O)NC1CCC2(CC1)CN(C(=O)OC(C)(C)C)C2. The molecule has 0 unspecified atom stereocenters. The van der Waals surface area contributed by atoms with E-state index >= 15 is 0 Å². The van der Waals surface area contributed by atoms with Gasteiger partial charge in [0.15, 0.2) is 0 Å². The van der Waals surface area contributed by atoms with Crippen LogP contribution in [0.5, 0.6) is 0 Å². The van der Waals surface area contributed by atoms with Crippen molar-refractivity contribution < 1.29 is 23.6 Å². The molecule has 1 spiro atoms. The second-order valence-electron chi connectivity index (χ2n) is 16.0. The second kappa shape index (κ2) is 15.7. The molecule has 2 bridgehead atoms. The van der Waals surface area contributed by atoms with E-state index in [-0.39, 0.29) is 41.6 Å². The highest BCUT2D eigenvalue weighted by Gasteiger charge is 2.50. The molecule has 4 rings (SSSR count). The van der Waals surface area contributed by atoms with Crippen LogP contribution in [0.4, 0.5) is 9.59 Å². The van der Waals surface area contributed by atoms with Gasteiger partial charge >= 0.3 is 12.1 Å². The minimum absolute atomic E-state index is 0.0263. The Morgan fingerprint density at radius 2 is 1.44 bits per heavy atom. The van der Waals surface area contributed by atoms with E-state index in [0.29, 0.717) is 6.54 Å². The number of ether oxygens (including phenoxy) is 1. The van der Waals surface area contributed by atoms with Crippen LogP contribution in [-0.2, 0) is 9.53 Å². The van der Waals surface area contributed by atoms with Gasteiger partial charge in [0.1, 0.15) is 11.6 Å². The molecule has 0 aromatic heterocycles. The summed E-state index contributed by atoms with van der Waals surface area (Å²) in [4.78, 5) is 45.2. The molecule has 4 fully saturated rings.